The van der Waals surface area contributed by atoms with E-state index in [1.807, 2.05) is 12.1 Å². The number of hydrogen-bond donors (Lipinski definition) is 1. The van der Waals surface area contributed by atoms with Gasteiger partial charge in [-0.15, -0.1) is 0 Å². The molecule has 1 aliphatic rings. The smallest absolute Gasteiger partial charge is 0.308 e. The first-order valence-electron chi connectivity index (χ1n) is 7.88. The van der Waals surface area contributed by atoms with Crippen LogP contribution in [-0.2, 0) is 24.2 Å². The van der Waals surface area contributed by atoms with Crippen LogP contribution in [0.4, 0.5) is 4.39 Å². The summed E-state index contributed by atoms with van der Waals surface area (Å²) in [6.45, 7) is 2.19. The van der Waals surface area contributed by atoms with Crippen molar-refractivity contribution in [1.82, 2.24) is 4.90 Å². The molecule has 3 nitrogen and oxygen atoms in total. The Morgan fingerprint density at radius 1 is 1.13 bits per heavy atom. The van der Waals surface area contributed by atoms with E-state index in [0.717, 1.165) is 25.1 Å². The lowest BCUT2D eigenvalue weighted by atomic mass is 9.95. The molecule has 2 aromatic carbocycles. The second kappa shape index (κ2) is 6.92. The fourth-order valence-electron chi connectivity index (χ4n) is 3.16. The van der Waals surface area contributed by atoms with Crippen LogP contribution in [0.1, 0.15) is 16.7 Å². The molecule has 4 heteroatoms. The second-order valence-electron chi connectivity index (χ2n) is 6.12. The van der Waals surface area contributed by atoms with E-state index in [-0.39, 0.29) is 5.82 Å². The number of rotatable bonds is 5. The summed E-state index contributed by atoms with van der Waals surface area (Å²) in [5.41, 5.74) is 3.50. The Morgan fingerprint density at radius 2 is 1.83 bits per heavy atom. The minimum Gasteiger partial charge on any atom is -0.481 e. The molecule has 3 rings (SSSR count). The highest BCUT2D eigenvalue weighted by Gasteiger charge is 2.24. The third-order valence-corrected chi connectivity index (χ3v) is 4.43. The lowest BCUT2D eigenvalue weighted by Crippen LogP contribution is -2.37. The summed E-state index contributed by atoms with van der Waals surface area (Å²) in [7, 11) is 0. The molecule has 1 unspecified atom stereocenters. The number of aliphatic carboxylic acids is 1. The highest BCUT2D eigenvalue weighted by molar-refractivity contribution is 5.70. The predicted molar refractivity (Wildman–Crippen MR) is 86.7 cm³/mol. The fourth-order valence-corrected chi connectivity index (χ4v) is 3.16. The number of hydrogen-bond acceptors (Lipinski definition) is 2. The van der Waals surface area contributed by atoms with Crippen LogP contribution in [0.15, 0.2) is 48.5 Å². The van der Waals surface area contributed by atoms with Crippen LogP contribution in [0.25, 0.3) is 0 Å². The summed E-state index contributed by atoms with van der Waals surface area (Å²) in [5.74, 6) is -1.58. The molecule has 0 aromatic heterocycles. The van der Waals surface area contributed by atoms with Crippen molar-refractivity contribution in [3.05, 3.63) is 71.0 Å². The van der Waals surface area contributed by atoms with E-state index in [0.29, 0.717) is 13.0 Å². The summed E-state index contributed by atoms with van der Waals surface area (Å²) < 4.78 is 13.0. The zero-order valence-electron chi connectivity index (χ0n) is 12.9. The van der Waals surface area contributed by atoms with E-state index in [4.69, 9.17) is 0 Å². The first-order valence-corrected chi connectivity index (χ1v) is 7.88. The third kappa shape index (κ3) is 3.96. The van der Waals surface area contributed by atoms with Crippen LogP contribution < -0.4 is 0 Å². The van der Waals surface area contributed by atoms with E-state index in [2.05, 4.69) is 17.0 Å². The first kappa shape index (κ1) is 15.7. The molecule has 0 bridgehead atoms. The lowest BCUT2D eigenvalue weighted by Gasteiger charge is -2.30. The normalized spacial score (nSPS) is 15.9. The number of fused-ring (bicyclic) bond motifs is 1. The van der Waals surface area contributed by atoms with Crippen molar-refractivity contribution in [1.29, 1.82) is 0 Å². The standard InChI is InChI=1S/C19H20FNO2/c20-18-7-5-14(6-8-18)11-17(19(22)23)13-21-10-9-15-3-1-2-4-16(15)12-21/h1-8,17H,9-13H2,(H,22,23)/i20-1. The van der Waals surface area contributed by atoms with Gasteiger partial charge < -0.3 is 5.11 Å². The quantitative estimate of drug-likeness (QED) is 0.922. The molecular weight excluding hydrogens is 292 g/mol. The molecule has 0 saturated heterocycles. The van der Waals surface area contributed by atoms with Gasteiger partial charge in [-0.2, -0.15) is 0 Å². The van der Waals surface area contributed by atoms with Crippen LogP contribution in [0, 0.1) is 11.7 Å². The number of nitrogens with zero attached hydrogens (tertiary/aromatic N) is 1. The van der Waals surface area contributed by atoms with E-state index in [1.165, 1.54) is 23.3 Å². The molecule has 23 heavy (non-hydrogen) atoms. The summed E-state index contributed by atoms with van der Waals surface area (Å²) in [6, 6.07) is 14.4. The highest BCUT2D eigenvalue weighted by Crippen LogP contribution is 2.20. The average Bonchev–Trinajstić information content (AvgIpc) is 2.56. The third-order valence-electron chi connectivity index (χ3n) is 4.43. The molecular formula is C19H20FNO2. The maximum atomic E-state index is 13.0. The van der Waals surface area contributed by atoms with Gasteiger partial charge in [0.15, 0.2) is 0 Å². The molecule has 0 fully saturated rings. The number of halogens is 1. The van der Waals surface area contributed by atoms with E-state index in [9.17, 15) is 14.3 Å². The average molecular weight is 312 g/mol. The topological polar surface area (TPSA) is 40.5 Å². The van der Waals surface area contributed by atoms with Crippen molar-refractivity contribution in [3.63, 3.8) is 0 Å². The summed E-state index contributed by atoms with van der Waals surface area (Å²) in [5, 5.41) is 9.51. The van der Waals surface area contributed by atoms with Crippen LogP contribution >= 0.6 is 0 Å². The Hall–Kier alpha value is -2.20. The molecule has 0 spiro atoms. The van der Waals surface area contributed by atoms with Crippen LogP contribution in [0.3, 0.4) is 0 Å². The Labute approximate surface area is 135 Å². The zero-order chi connectivity index (χ0) is 16.2. The molecule has 0 amide bonds. The largest absolute Gasteiger partial charge is 0.481 e. The molecule has 1 atom stereocenters. The number of carboxylic acids is 1. The maximum Gasteiger partial charge on any atom is 0.308 e. The van der Waals surface area contributed by atoms with Gasteiger partial charge in [0.1, 0.15) is 5.82 Å². The molecule has 0 radical (unpaired) electrons. The minimum absolute atomic E-state index is 0.298. The molecule has 1 aliphatic heterocycles. The molecule has 1 heterocycles. The van der Waals surface area contributed by atoms with Gasteiger partial charge in [0.05, 0.1) is 5.92 Å². The Morgan fingerprint density at radius 3 is 2.52 bits per heavy atom. The van der Waals surface area contributed by atoms with Gasteiger partial charge in [0.2, 0.25) is 0 Å². The molecule has 120 valence electrons. The summed E-state index contributed by atoms with van der Waals surface area (Å²) >= 11 is 0. The van der Waals surface area contributed by atoms with Crippen LogP contribution in [0.5, 0.6) is 0 Å². The Balaban J connectivity index is 1.66. The SMILES string of the molecule is O=C(O)C(Cc1ccc([18F])cc1)CN1CCc2ccccc2C1. The Kier molecular flexibility index (Phi) is 4.72. The first-order chi connectivity index (χ1) is 11.1. The van der Waals surface area contributed by atoms with Crippen molar-refractivity contribution >= 4 is 5.97 Å². The van der Waals surface area contributed by atoms with Crippen molar-refractivity contribution in [2.75, 3.05) is 13.1 Å². The van der Waals surface area contributed by atoms with Gasteiger partial charge in [0, 0.05) is 19.6 Å². The maximum absolute atomic E-state index is 13.0. The minimum atomic E-state index is -0.798. The van der Waals surface area contributed by atoms with Gasteiger partial charge in [-0.05, 0) is 41.7 Å². The van der Waals surface area contributed by atoms with Gasteiger partial charge in [-0.3, -0.25) is 9.69 Å². The van der Waals surface area contributed by atoms with Crippen molar-refractivity contribution in [2.24, 2.45) is 5.92 Å². The van der Waals surface area contributed by atoms with Crippen molar-refractivity contribution in [2.45, 2.75) is 19.4 Å². The summed E-state index contributed by atoms with van der Waals surface area (Å²) in [6.07, 6.45) is 1.38. The van der Waals surface area contributed by atoms with Crippen LogP contribution in [0.2, 0.25) is 0 Å². The van der Waals surface area contributed by atoms with Crippen LogP contribution in [-0.4, -0.2) is 29.1 Å². The molecule has 0 saturated carbocycles. The summed E-state index contributed by atoms with van der Waals surface area (Å²) in [4.78, 5) is 13.8. The van der Waals surface area contributed by atoms with Crippen molar-refractivity contribution < 1.29 is 14.3 Å². The monoisotopic (exact) mass is 312 g/mol. The van der Waals surface area contributed by atoms with Gasteiger partial charge in [-0.25, -0.2) is 4.39 Å². The highest BCUT2D eigenvalue weighted by atomic mass is 18.2. The number of carboxylic acid groups (broad SMARTS) is 1. The van der Waals surface area contributed by atoms with Gasteiger partial charge >= 0.3 is 5.97 Å². The van der Waals surface area contributed by atoms with Gasteiger partial charge in [0.25, 0.3) is 0 Å². The zero-order valence-corrected chi connectivity index (χ0v) is 12.9. The van der Waals surface area contributed by atoms with Gasteiger partial charge in [-0.1, -0.05) is 36.4 Å². The molecule has 0 aliphatic carbocycles. The number of benzene rings is 2. The second-order valence-corrected chi connectivity index (χ2v) is 6.12. The molecule has 2 aromatic rings. The Bertz CT molecular complexity index is 684. The lowest BCUT2D eigenvalue weighted by molar-refractivity contribution is -0.142. The number of carbonyl (C=O) groups is 1. The molecule has 1 N–H and O–H groups in total. The fraction of sp³-hybridized carbons (Fsp3) is 0.316. The predicted octanol–water partition coefficient (Wildman–Crippen LogP) is 3.13. The van der Waals surface area contributed by atoms with E-state index in [1.54, 1.807) is 12.1 Å². The van der Waals surface area contributed by atoms with Crippen molar-refractivity contribution in [3.8, 4) is 0 Å². The van der Waals surface area contributed by atoms with E-state index >= 15 is 0 Å². The van der Waals surface area contributed by atoms with E-state index < -0.39 is 11.9 Å².